The smallest absolute Gasteiger partial charge is 0.247 e. The monoisotopic (exact) mass is 346 g/mol. The Morgan fingerprint density at radius 2 is 1.81 bits per heavy atom. The van der Waals surface area contributed by atoms with Gasteiger partial charge in [0.2, 0.25) is 5.69 Å². The van der Waals surface area contributed by atoms with Gasteiger partial charge in [0.1, 0.15) is 0 Å². The molecule has 1 aliphatic carbocycles. The van der Waals surface area contributed by atoms with Gasteiger partial charge in [-0.1, -0.05) is 40.2 Å². The van der Waals surface area contributed by atoms with Crippen molar-refractivity contribution < 1.29 is 9.05 Å². The van der Waals surface area contributed by atoms with Crippen molar-refractivity contribution in [2.75, 3.05) is 13.2 Å². The summed E-state index contributed by atoms with van der Waals surface area (Å²) in [5, 5.41) is 0.553. The Hall–Kier alpha value is 1.40. The van der Waals surface area contributed by atoms with Crippen molar-refractivity contribution in [2.24, 2.45) is 0 Å². The molecule has 0 heterocycles. The number of alkyl halides is 1. The van der Waals surface area contributed by atoms with Gasteiger partial charge in [0, 0.05) is 10.1 Å². The van der Waals surface area contributed by atoms with Gasteiger partial charge in [-0.15, -0.1) is 0 Å². The van der Waals surface area contributed by atoms with E-state index in [1.165, 1.54) is 25.7 Å². The molecule has 1 rings (SSSR count). The zero-order valence-electron chi connectivity index (χ0n) is 9.86. The summed E-state index contributed by atoms with van der Waals surface area (Å²) < 4.78 is 11.3. The highest BCUT2D eigenvalue weighted by Gasteiger charge is 2.31. The third-order valence-electron chi connectivity index (χ3n) is 2.46. The SMILES string of the molecule is CCOP(=S)(OCC)S[C@H]1CCCC[C@H]1Br. The van der Waals surface area contributed by atoms with Gasteiger partial charge in [-0.05, 0) is 38.5 Å². The minimum absolute atomic E-state index is 0.553. The Kier molecular flexibility index (Phi) is 7.49. The van der Waals surface area contributed by atoms with Crippen molar-refractivity contribution in [2.45, 2.75) is 49.6 Å². The molecule has 0 saturated heterocycles. The van der Waals surface area contributed by atoms with Gasteiger partial charge in [0.15, 0.2) is 0 Å². The number of hydrogen-bond donors (Lipinski definition) is 0. The maximum absolute atomic E-state index is 5.67. The molecule has 0 N–H and O–H groups in total. The van der Waals surface area contributed by atoms with Crippen molar-refractivity contribution in [1.29, 1.82) is 0 Å². The van der Waals surface area contributed by atoms with Crippen molar-refractivity contribution >= 4 is 44.8 Å². The average molecular weight is 347 g/mol. The lowest BCUT2D eigenvalue weighted by Gasteiger charge is -2.31. The van der Waals surface area contributed by atoms with E-state index in [4.69, 9.17) is 20.9 Å². The molecular weight excluding hydrogens is 327 g/mol. The van der Waals surface area contributed by atoms with Gasteiger partial charge in [-0.25, -0.2) is 0 Å². The van der Waals surface area contributed by atoms with E-state index in [1.807, 2.05) is 13.8 Å². The molecule has 96 valence electrons. The second-order valence-corrected chi connectivity index (χ2v) is 11.3. The van der Waals surface area contributed by atoms with Crippen molar-refractivity contribution in [3.8, 4) is 0 Å². The van der Waals surface area contributed by atoms with Gasteiger partial charge in [-0.3, -0.25) is 0 Å². The molecule has 16 heavy (non-hydrogen) atoms. The number of hydrogen-bond acceptors (Lipinski definition) is 4. The standard InChI is InChI=1S/C10H20BrO2PS2/c1-3-12-14(15,13-4-2)16-10-8-6-5-7-9(10)11/h9-10H,3-8H2,1-2H3/t9-,10+/m1/s1. The zero-order chi connectivity index (χ0) is 12.0. The van der Waals surface area contributed by atoms with E-state index in [2.05, 4.69) is 15.9 Å². The molecule has 0 spiro atoms. The first kappa shape index (κ1) is 15.5. The maximum atomic E-state index is 5.67. The first-order valence-corrected chi connectivity index (χ1v) is 10.9. The van der Waals surface area contributed by atoms with E-state index in [0.29, 0.717) is 23.3 Å². The van der Waals surface area contributed by atoms with E-state index in [-0.39, 0.29) is 0 Å². The topological polar surface area (TPSA) is 18.5 Å². The molecular formula is C10H20BrO2PS2. The Morgan fingerprint density at radius 1 is 1.25 bits per heavy atom. The summed E-state index contributed by atoms with van der Waals surface area (Å²) in [6.45, 7) is 5.24. The second-order valence-electron chi connectivity index (χ2n) is 3.73. The molecule has 0 unspecified atom stereocenters. The van der Waals surface area contributed by atoms with E-state index in [1.54, 1.807) is 11.4 Å². The van der Waals surface area contributed by atoms with Crippen LogP contribution in [0.15, 0.2) is 0 Å². The summed E-state index contributed by atoms with van der Waals surface area (Å²) in [6.07, 6.45) is 5.08. The van der Waals surface area contributed by atoms with Crippen LogP contribution in [0.1, 0.15) is 39.5 Å². The van der Waals surface area contributed by atoms with Gasteiger partial charge >= 0.3 is 0 Å². The van der Waals surface area contributed by atoms with Crippen LogP contribution < -0.4 is 0 Å². The minimum atomic E-state index is -2.11. The Labute approximate surface area is 116 Å². The third-order valence-corrected chi connectivity index (χ3v) is 9.78. The minimum Gasteiger partial charge on any atom is -0.322 e. The van der Waals surface area contributed by atoms with Crippen LogP contribution in [-0.4, -0.2) is 23.3 Å². The normalized spacial score (nSPS) is 26.9. The highest BCUT2D eigenvalue weighted by atomic mass is 79.9. The lowest BCUT2D eigenvalue weighted by atomic mass is 10.0. The van der Waals surface area contributed by atoms with Gasteiger partial charge < -0.3 is 9.05 Å². The zero-order valence-corrected chi connectivity index (χ0v) is 14.0. The Morgan fingerprint density at radius 3 is 2.31 bits per heavy atom. The van der Waals surface area contributed by atoms with Crippen LogP contribution in [0.5, 0.6) is 0 Å². The molecule has 1 aliphatic rings. The molecule has 1 saturated carbocycles. The molecule has 0 aromatic rings. The van der Waals surface area contributed by atoms with E-state index in [9.17, 15) is 0 Å². The maximum Gasteiger partial charge on any atom is 0.247 e. The van der Waals surface area contributed by atoms with Crippen molar-refractivity contribution in [1.82, 2.24) is 0 Å². The molecule has 1 fully saturated rings. The molecule has 0 aromatic heterocycles. The van der Waals surface area contributed by atoms with Gasteiger partial charge in [0.25, 0.3) is 0 Å². The predicted molar refractivity (Wildman–Crippen MR) is 80.1 cm³/mol. The van der Waals surface area contributed by atoms with Crippen LogP contribution >= 0.6 is 33.0 Å². The molecule has 0 bridgehead atoms. The first-order chi connectivity index (χ1) is 7.61. The fourth-order valence-electron chi connectivity index (χ4n) is 1.75. The summed E-state index contributed by atoms with van der Waals surface area (Å²) in [5.74, 6) is 0. The summed E-state index contributed by atoms with van der Waals surface area (Å²) >= 11 is 11.1. The highest BCUT2D eigenvalue weighted by molar-refractivity contribution is 9.09. The third kappa shape index (κ3) is 4.95. The number of halogens is 1. The van der Waals surface area contributed by atoms with E-state index < -0.39 is 5.69 Å². The lowest BCUT2D eigenvalue weighted by Crippen LogP contribution is -2.21. The van der Waals surface area contributed by atoms with Crippen LogP contribution in [0.2, 0.25) is 0 Å². The molecule has 0 amide bonds. The molecule has 0 aromatic carbocycles. The second kappa shape index (κ2) is 7.75. The van der Waals surface area contributed by atoms with Crippen LogP contribution in [0.25, 0.3) is 0 Å². The van der Waals surface area contributed by atoms with Crippen LogP contribution in [-0.2, 0) is 20.9 Å². The highest BCUT2D eigenvalue weighted by Crippen LogP contribution is 2.64. The van der Waals surface area contributed by atoms with Crippen molar-refractivity contribution in [3.63, 3.8) is 0 Å². The summed E-state index contributed by atoms with van der Waals surface area (Å²) in [5.41, 5.74) is -2.11. The summed E-state index contributed by atoms with van der Waals surface area (Å²) in [4.78, 5) is 0.564. The fraction of sp³-hybridized carbons (Fsp3) is 1.00. The molecule has 0 aliphatic heterocycles. The quantitative estimate of drug-likeness (QED) is 0.511. The first-order valence-electron chi connectivity index (χ1n) is 5.83. The van der Waals surface area contributed by atoms with E-state index in [0.717, 1.165) is 0 Å². The fourth-order valence-corrected chi connectivity index (χ4v) is 9.24. The summed E-state index contributed by atoms with van der Waals surface area (Å²) in [6, 6.07) is 0. The van der Waals surface area contributed by atoms with E-state index >= 15 is 0 Å². The molecule has 2 atom stereocenters. The Balaban J connectivity index is 2.55. The molecule has 0 radical (unpaired) electrons. The molecule has 6 heteroatoms. The van der Waals surface area contributed by atoms with Crippen LogP contribution in [0.4, 0.5) is 0 Å². The average Bonchev–Trinajstić information content (AvgIpc) is 2.22. The molecule has 2 nitrogen and oxygen atoms in total. The van der Waals surface area contributed by atoms with Crippen LogP contribution in [0, 0.1) is 0 Å². The number of rotatable bonds is 6. The largest absolute Gasteiger partial charge is 0.322 e. The lowest BCUT2D eigenvalue weighted by molar-refractivity contribution is 0.280. The van der Waals surface area contributed by atoms with Gasteiger partial charge in [-0.2, -0.15) is 0 Å². The van der Waals surface area contributed by atoms with Crippen LogP contribution in [0.3, 0.4) is 0 Å². The van der Waals surface area contributed by atoms with Gasteiger partial charge in [0.05, 0.1) is 13.2 Å². The van der Waals surface area contributed by atoms with Crippen molar-refractivity contribution in [3.05, 3.63) is 0 Å². The Bertz CT molecular complexity index is 243. The predicted octanol–water partition coefficient (Wildman–Crippen LogP) is 4.72. The summed E-state index contributed by atoms with van der Waals surface area (Å²) in [7, 11) is 0.